The number of nitrogens with zero attached hydrogens (tertiary/aromatic N) is 1. The van der Waals surface area contributed by atoms with Gasteiger partial charge in [0.05, 0.1) is 6.61 Å². The number of ether oxygens (including phenoxy) is 1. The SMILES string of the molecule is CCOCCN(C)C(=O)C(C(=O)O)C(C)(C)C. The maximum Gasteiger partial charge on any atom is 0.316 e. The summed E-state index contributed by atoms with van der Waals surface area (Å²) in [5.41, 5.74) is -0.594. The third-order valence-electron chi connectivity index (χ3n) is 2.51. The Kier molecular flexibility index (Phi) is 6.16. The Balaban J connectivity index is 4.57. The molecule has 0 aliphatic heterocycles. The minimum Gasteiger partial charge on any atom is -0.481 e. The van der Waals surface area contributed by atoms with Gasteiger partial charge in [-0.05, 0) is 12.3 Å². The van der Waals surface area contributed by atoms with Gasteiger partial charge in [0.1, 0.15) is 5.92 Å². The quantitative estimate of drug-likeness (QED) is 0.564. The van der Waals surface area contributed by atoms with Crippen LogP contribution in [0.15, 0.2) is 0 Å². The largest absolute Gasteiger partial charge is 0.481 e. The molecule has 1 atom stereocenters. The number of amides is 1. The second-order valence-electron chi connectivity index (χ2n) is 5.09. The standard InChI is InChI=1S/C12H23NO4/c1-6-17-8-7-13(5)10(14)9(11(15)16)12(2,3)4/h9H,6-8H2,1-5H3,(H,15,16). The molecule has 100 valence electrons. The molecule has 0 bridgehead atoms. The van der Waals surface area contributed by atoms with Crippen molar-refractivity contribution in [3.05, 3.63) is 0 Å². The lowest BCUT2D eigenvalue weighted by atomic mass is 9.80. The minimum absolute atomic E-state index is 0.371. The molecule has 5 heteroatoms. The van der Waals surface area contributed by atoms with E-state index in [0.29, 0.717) is 19.8 Å². The number of carbonyl (C=O) groups is 2. The third-order valence-corrected chi connectivity index (χ3v) is 2.51. The molecule has 0 aliphatic carbocycles. The molecule has 0 aliphatic rings. The summed E-state index contributed by atoms with van der Waals surface area (Å²) < 4.78 is 5.14. The third kappa shape index (κ3) is 5.17. The Bertz CT molecular complexity index is 270. The molecule has 0 aromatic heterocycles. The van der Waals surface area contributed by atoms with E-state index in [2.05, 4.69) is 0 Å². The van der Waals surface area contributed by atoms with Crippen molar-refractivity contribution < 1.29 is 19.4 Å². The molecule has 1 unspecified atom stereocenters. The zero-order chi connectivity index (χ0) is 13.6. The molecule has 0 aromatic carbocycles. The van der Waals surface area contributed by atoms with E-state index in [1.54, 1.807) is 27.8 Å². The lowest BCUT2D eigenvalue weighted by Crippen LogP contribution is -2.44. The van der Waals surface area contributed by atoms with Crippen LogP contribution in [0, 0.1) is 11.3 Å². The highest BCUT2D eigenvalue weighted by molar-refractivity contribution is 5.97. The second-order valence-corrected chi connectivity index (χ2v) is 5.09. The van der Waals surface area contributed by atoms with Crippen LogP contribution < -0.4 is 0 Å². The summed E-state index contributed by atoms with van der Waals surface area (Å²) in [5, 5.41) is 9.12. The first-order valence-corrected chi connectivity index (χ1v) is 5.77. The second kappa shape index (κ2) is 6.59. The smallest absolute Gasteiger partial charge is 0.316 e. The molecule has 0 heterocycles. The highest BCUT2D eigenvalue weighted by Gasteiger charge is 2.39. The van der Waals surface area contributed by atoms with Gasteiger partial charge in [-0.1, -0.05) is 20.8 Å². The van der Waals surface area contributed by atoms with Gasteiger partial charge in [0.2, 0.25) is 5.91 Å². The molecular weight excluding hydrogens is 222 g/mol. The van der Waals surface area contributed by atoms with Gasteiger partial charge in [-0.3, -0.25) is 9.59 Å². The van der Waals surface area contributed by atoms with E-state index in [9.17, 15) is 9.59 Å². The molecule has 0 rings (SSSR count). The van der Waals surface area contributed by atoms with Gasteiger partial charge in [0.25, 0.3) is 0 Å². The number of carboxylic acid groups (broad SMARTS) is 1. The first kappa shape index (κ1) is 15.9. The van der Waals surface area contributed by atoms with Crippen LogP contribution in [0.3, 0.4) is 0 Å². The Morgan fingerprint density at radius 1 is 1.35 bits per heavy atom. The van der Waals surface area contributed by atoms with Gasteiger partial charge in [0, 0.05) is 20.2 Å². The van der Waals surface area contributed by atoms with Gasteiger partial charge in [-0.25, -0.2) is 0 Å². The van der Waals surface area contributed by atoms with Crippen LogP contribution in [0.25, 0.3) is 0 Å². The zero-order valence-electron chi connectivity index (χ0n) is 11.3. The highest BCUT2D eigenvalue weighted by Crippen LogP contribution is 2.27. The van der Waals surface area contributed by atoms with E-state index >= 15 is 0 Å². The van der Waals surface area contributed by atoms with Crippen molar-refractivity contribution in [2.45, 2.75) is 27.7 Å². The van der Waals surface area contributed by atoms with Crippen LogP contribution in [0.4, 0.5) is 0 Å². The molecule has 0 aromatic rings. The topological polar surface area (TPSA) is 66.8 Å². The average molecular weight is 245 g/mol. The van der Waals surface area contributed by atoms with Crippen molar-refractivity contribution in [1.29, 1.82) is 0 Å². The molecule has 0 saturated carbocycles. The Labute approximate surface area is 103 Å². The monoisotopic (exact) mass is 245 g/mol. The lowest BCUT2D eigenvalue weighted by Gasteiger charge is -2.29. The summed E-state index contributed by atoms with van der Waals surface area (Å²) in [4.78, 5) is 24.6. The van der Waals surface area contributed by atoms with E-state index < -0.39 is 17.3 Å². The molecule has 1 amide bonds. The van der Waals surface area contributed by atoms with E-state index in [-0.39, 0.29) is 5.91 Å². The summed E-state index contributed by atoms with van der Waals surface area (Å²) in [5.74, 6) is -2.47. The number of likely N-dealkylation sites (N-methyl/N-ethyl adjacent to an activating group) is 1. The van der Waals surface area contributed by atoms with Crippen LogP contribution in [0.5, 0.6) is 0 Å². The van der Waals surface area contributed by atoms with E-state index in [1.807, 2.05) is 6.92 Å². The van der Waals surface area contributed by atoms with Gasteiger partial charge >= 0.3 is 5.97 Å². The van der Waals surface area contributed by atoms with Crippen LogP contribution in [0.1, 0.15) is 27.7 Å². The van der Waals surface area contributed by atoms with Crippen LogP contribution in [-0.2, 0) is 14.3 Å². The Morgan fingerprint density at radius 3 is 2.24 bits per heavy atom. The van der Waals surface area contributed by atoms with Crippen molar-refractivity contribution in [3.8, 4) is 0 Å². The first-order chi connectivity index (χ1) is 7.71. The Morgan fingerprint density at radius 2 is 1.88 bits per heavy atom. The summed E-state index contributed by atoms with van der Waals surface area (Å²) in [6.45, 7) is 8.54. The fourth-order valence-corrected chi connectivity index (χ4v) is 1.52. The molecule has 17 heavy (non-hydrogen) atoms. The van der Waals surface area contributed by atoms with Crippen LogP contribution >= 0.6 is 0 Å². The fourth-order valence-electron chi connectivity index (χ4n) is 1.52. The van der Waals surface area contributed by atoms with E-state index in [0.717, 1.165) is 0 Å². The maximum absolute atomic E-state index is 12.0. The molecular formula is C12H23NO4. The number of hydrogen-bond donors (Lipinski definition) is 1. The van der Waals surface area contributed by atoms with Crippen molar-refractivity contribution >= 4 is 11.9 Å². The number of rotatable bonds is 6. The predicted octanol–water partition coefficient (Wildman–Crippen LogP) is 1.23. The highest BCUT2D eigenvalue weighted by atomic mass is 16.5. The lowest BCUT2D eigenvalue weighted by molar-refractivity contribution is -0.155. The molecule has 0 saturated heterocycles. The number of hydrogen-bond acceptors (Lipinski definition) is 3. The van der Waals surface area contributed by atoms with Gasteiger partial charge < -0.3 is 14.7 Å². The van der Waals surface area contributed by atoms with E-state index in [4.69, 9.17) is 9.84 Å². The molecule has 1 N–H and O–H groups in total. The normalized spacial score (nSPS) is 13.2. The molecule has 0 spiro atoms. The first-order valence-electron chi connectivity index (χ1n) is 5.77. The average Bonchev–Trinajstić information content (AvgIpc) is 2.14. The maximum atomic E-state index is 12.0. The summed E-state index contributed by atoms with van der Waals surface area (Å²) in [7, 11) is 1.60. The summed E-state index contributed by atoms with van der Waals surface area (Å²) in [6.07, 6.45) is 0. The molecule has 0 fully saturated rings. The van der Waals surface area contributed by atoms with Crippen LogP contribution in [0.2, 0.25) is 0 Å². The van der Waals surface area contributed by atoms with E-state index in [1.165, 1.54) is 4.90 Å². The number of carboxylic acids is 1. The number of aliphatic carboxylic acids is 1. The van der Waals surface area contributed by atoms with Gasteiger partial charge in [-0.2, -0.15) is 0 Å². The molecule has 5 nitrogen and oxygen atoms in total. The van der Waals surface area contributed by atoms with Crippen LogP contribution in [-0.4, -0.2) is 48.7 Å². The molecule has 0 radical (unpaired) electrons. The summed E-state index contributed by atoms with van der Waals surface area (Å²) in [6, 6.07) is 0. The number of carbonyl (C=O) groups excluding carboxylic acids is 1. The van der Waals surface area contributed by atoms with Gasteiger partial charge in [0.15, 0.2) is 0 Å². The van der Waals surface area contributed by atoms with Crippen molar-refractivity contribution in [3.63, 3.8) is 0 Å². The zero-order valence-corrected chi connectivity index (χ0v) is 11.3. The predicted molar refractivity (Wildman–Crippen MR) is 64.7 cm³/mol. The Hall–Kier alpha value is -1.10. The minimum atomic E-state index is -1.08. The fraction of sp³-hybridized carbons (Fsp3) is 0.833. The summed E-state index contributed by atoms with van der Waals surface area (Å²) >= 11 is 0. The van der Waals surface area contributed by atoms with Crippen molar-refractivity contribution in [2.75, 3.05) is 26.8 Å². The van der Waals surface area contributed by atoms with Gasteiger partial charge in [-0.15, -0.1) is 0 Å². The van der Waals surface area contributed by atoms with Crippen molar-refractivity contribution in [1.82, 2.24) is 4.90 Å². The van der Waals surface area contributed by atoms with Crippen molar-refractivity contribution in [2.24, 2.45) is 11.3 Å².